The van der Waals surface area contributed by atoms with Gasteiger partial charge in [0.15, 0.2) is 0 Å². The summed E-state index contributed by atoms with van der Waals surface area (Å²) in [5.41, 5.74) is 0.0181. The molecule has 0 radical (unpaired) electrons. The third-order valence-corrected chi connectivity index (χ3v) is 5.29. The smallest absolute Gasteiger partial charge is 0.0884 e. The predicted octanol–water partition coefficient (Wildman–Crippen LogP) is 3.93. The summed E-state index contributed by atoms with van der Waals surface area (Å²) in [6.07, 6.45) is 7.72. The molecule has 3 unspecified atom stereocenters. The molecule has 1 aliphatic carbocycles. The van der Waals surface area contributed by atoms with Crippen LogP contribution in [0.15, 0.2) is 0 Å². The number of hydrogen-bond donors (Lipinski definition) is 1. The maximum atomic E-state index is 10.9. The molecule has 2 fully saturated rings. The Hall–Kier alpha value is -0.120. The Bertz CT molecular complexity index is 309. The molecule has 3 heteroatoms. The van der Waals surface area contributed by atoms with E-state index in [0.717, 1.165) is 19.4 Å². The normalized spacial score (nSPS) is 29.3. The van der Waals surface area contributed by atoms with Crippen LogP contribution in [-0.4, -0.2) is 36.1 Å². The first-order valence-corrected chi connectivity index (χ1v) is 8.81. The lowest BCUT2D eigenvalue weighted by molar-refractivity contribution is -0.165. The zero-order valence-electron chi connectivity index (χ0n) is 14.4. The number of ether oxygens (including phenoxy) is 2. The molecule has 1 spiro atoms. The zero-order valence-corrected chi connectivity index (χ0v) is 14.4. The Labute approximate surface area is 130 Å². The zero-order chi connectivity index (χ0) is 15.5. The van der Waals surface area contributed by atoms with Crippen molar-refractivity contribution in [3.05, 3.63) is 0 Å². The topological polar surface area (TPSA) is 38.7 Å². The van der Waals surface area contributed by atoms with E-state index in [1.807, 2.05) is 6.92 Å². The average Bonchev–Trinajstić information content (AvgIpc) is 2.44. The monoisotopic (exact) mass is 298 g/mol. The van der Waals surface area contributed by atoms with Gasteiger partial charge in [0.2, 0.25) is 0 Å². The van der Waals surface area contributed by atoms with Crippen molar-refractivity contribution in [1.29, 1.82) is 0 Å². The molecule has 1 aliphatic heterocycles. The van der Waals surface area contributed by atoms with E-state index in [0.29, 0.717) is 12.5 Å². The van der Waals surface area contributed by atoms with Crippen molar-refractivity contribution in [3.8, 4) is 0 Å². The van der Waals surface area contributed by atoms with Gasteiger partial charge in [-0.3, -0.25) is 0 Å². The van der Waals surface area contributed by atoms with Gasteiger partial charge in [-0.1, -0.05) is 40.0 Å². The Morgan fingerprint density at radius 3 is 2.48 bits per heavy atom. The van der Waals surface area contributed by atoms with Gasteiger partial charge in [-0.05, 0) is 43.9 Å². The van der Waals surface area contributed by atoms with Gasteiger partial charge < -0.3 is 14.6 Å². The Morgan fingerprint density at radius 2 is 1.90 bits per heavy atom. The molecule has 2 rings (SSSR count). The van der Waals surface area contributed by atoms with Crippen LogP contribution in [0, 0.1) is 11.3 Å². The molecule has 0 bridgehead atoms. The minimum Gasteiger partial charge on any atom is -0.390 e. The molecule has 124 valence electrons. The van der Waals surface area contributed by atoms with E-state index in [1.54, 1.807) is 0 Å². The van der Waals surface area contributed by atoms with Crippen molar-refractivity contribution < 1.29 is 14.6 Å². The van der Waals surface area contributed by atoms with Crippen molar-refractivity contribution in [2.24, 2.45) is 11.3 Å². The first-order valence-electron chi connectivity index (χ1n) is 8.81. The van der Waals surface area contributed by atoms with Gasteiger partial charge in [-0.25, -0.2) is 0 Å². The lowest BCUT2D eigenvalue weighted by Gasteiger charge is -2.47. The number of hydrogen-bond acceptors (Lipinski definition) is 3. The Morgan fingerprint density at radius 1 is 1.24 bits per heavy atom. The fourth-order valence-electron chi connectivity index (χ4n) is 4.19. The Balaban J connectivity index is 2.04. The minimum atomic E-state index is -0.382. The fraction of sp³-hybridized carbons (Fsp3) is 1.00. The van der Waals surface area contributed by atoms with Crippen LogP contribution < -0.4 is 0 Å². The Kier molecular flexibility index (Phi) is 5.72. The predicted molar refractivity (Wildman–Crippen MR) is 85.4 cm³/mol. The highest BCUT2D eigenvalue weighted by molar-refractivity contribution is 4.94. The second kappa shape index (κ2) is 6.97. The van der Waals surface area contributed by atoms with Crippen molar-refractivity contribution in [2.45, 2.75) is 90.4 Å². The van der Waals surface area contributed by atoms with Crippen LogP contribution in [0.1, 0.15) is 72.6 Å². The molecule has 1 saturated heterocycles. The average molecular weight is 298 g/mol. The third-order valence-electron chi connectivity index (χ3n) is 5.29. The molecule has 2 aliphatic rings. The SMILES string of the molecule is CCOC(C(O)C1CCOC2(CCCCC2)C1)C(C)(C)C. The summed E-state index contributed by atoms with van der Waals surface area (Å²) >= 11 is 0. The van der Waals surface area contributed by atoms with E-state index >= 15 is 0 Å². The highest BCUT2D eigenvalue weighted by atomic mass is 16.5. The van der Waals surface area contributed by atoms with Crippen LogP contribution >= 0.6 is 0 Å². The maximum Gasteiger partial charge on any atom is 0.0884 e. The van der Waals surface area contributed by atoms with E-state index in [2.05, 4.69) is 20.8 Å². The van der Waals surface area contributed by atoms with Gasteiger partial charge >= 0.3 is 0 Å². The van der Waals surface area contributed by atoms with Crippen LogP contribution in [0.4, 0.5) is 0 Å². The van der Waals surface area contributed by atoms with Gasteiger partial charge in [-0.15, -0.1) is 0 Å². The van der Waals surface area contributed by atoms with E-state index < -0.39 is 0 Å². The number of aliphatic hydroxyl groups excluding tert-OH is 1. The van der Waals surface area contributed by atoms with Crippen LogP contribution in [0.3, 0.4) is 0 Å². The molecule has 0 amide bonds. The van der Waals surface area contributed by atoms with E-state index in [9.17, 15) is 5.11 Å². The highest BCUT2D eigenvalue weighted by Crippen LogP contribution is 2.43. The third kappa shape index (κ3) is 4.20. The minimum absolute atomic E-state index is 0.0343. The summed E-state index contributed by atoms with van der Waals surface area (Å²) in [6, 6.07) is 0. The van der Waals surface area contributed by atoms with Crippen molar-refractivity contribution >= 4 is 0 Å². The molecular formula is C18H34O3. The molecular weight excluding hydrogens is 264 g/mol. The van der Waals surface area contributed by atoms with E-state index in [1.165, 1.54) is 32.1 Å². The lowest BCUT2D eigenvalue weighted by atomic mass is 9.71. The van der Waals surface area contributed by atoms with Crippen LogP contribution in [0.2, 0.25) is 0 Å². The number of aliphatic hydroxyl groups is 1. The standard InChI is InChI=1S/C18H34O3/c1-5-20-16(17(2,3)4)15(19)14-9-12-21-18(13-14)10-7-6-8-11-18/h14-16,19H,5-13H2,1-4H3. The quantitative estimate of drug-likeness (QED) is 0.854. The first kappa shape index (κ1) is 17.2. The van der Waals surface area contributed by atoms with Crippen molar-refractivity contribution in [1.82, 2.24) is 0 Å². The highest BCUT2D eigenvalue weighted by Gasteiger charge is 2.44. The second-order valence-corrected chi connectivity index (χ2v) is 8.08. The van der Waals surface area contributed by atoms with Gasteiger partial charge in [0, 0.05) is 13.2 Å². The van der Waals surface area contributed by atoms with E-state index in [-0.39, 0.29) is 23.2 Å². The summed E-state index contributed by atoms with van der Waals surface area (Å²) in [4.78, 5) is 0. The lowest BCUT2D eigenvalue weighted by Crippen LogP contribution is -2.50. The molecule has 1 saturated carbocycles. The summed E-state index contributed by atoms with van der Waals surface area (Å²) < 4.78 is 12.1. The molecule has 3 nitrogen and oxygen atoms in total. The van der Waals surface area contributed by atoms with Crippen molar-refractivity contribution in [3.63, 3.8) is 0 Å². The number of rotatable bonds is 4. The van der Waals surface area contributed by atoms with Gasteiger partial charge in [-0.2, -0.15) is 0 Å². The van der Waals surface area contributed by atoms with Gasteiger partial charge in [0.1, 0.15) is 0 Å². The largest absolute Gasteiger partial charge is 0.390 e. The molecule has 0 aromatic rings. The summed E-state index contributed by atoms with van der Waals surface area (Å²) in [6.45, 7) is 9.95. The molecule has 0 aromatic carbocycles. The second-order valence-electron chi connectivity index (χ2n) is 8.08. The van der Waals surface area contributed by atoms with E-state index in [4.69, 9.17) is 9.47 Å². The van der Waals surface area contributed by atoms with Crippen molar-refractivity contribution in [2.75, 3.05) is 13.2 Å². The van der Waals surface area contributed by atoms with Gasteiger partial charge in [0.05, 0.1) is 17.8 Å². The first-order chi connectivity index (χ1) is 9.88. The van der Waals surface area contributed by atoms with Crippen LogP contribution in [0.5, 0.6) is 0 Å². The summed E-state index contributed by atoms with van der Waals surface area (Å²) in [7, 11) is 0. The summed E-state index contributed by atoms with van der Waals surface area (Å²) in [5, 5.41) is 10.9. The summed E-state index contributed by atoms with van der Waals surface area (Å²) in [5.74, 6) is 0.313. The molecule has 21 heavy (non-hydrogen) atoms. The molecule has 0 aromatic heterocycles. The maximum absolute atomic E-state index is 10.9. The molecule has 1 heterocycles. The van der Waals surface area contributed by atoms with Crippen LogP contribution in [-0.2, 0) is 9.47 Å². The molecule has 1 N–H and O–H groups in total. The van der Waals surface area contributed by atoms with Crippen LogP contribution in [0.25, 0.3) is 0 Å². The van der Waals surface area contributed by atoms with Gasteiger partial charge in [0.25, 0.3) is 0 Å². The molecule has 3 atom stereocenters. The fourth-order valence-corrected chi connectivity index (χ4v) is 4.19.